The van der Waals surface area contributed by atoms with Crippen molar-refractivity contribution in [3.8, 4) is 0 Å². The molecule has 0 bridgehead atoms. The molecule has 25 heavy (non-hydrogen) atoms. The van der Waals surface area contributed by atoms with Crippen LogP contribution in [-0.4, -0.2) is 32.3 Å². The summed E-state index contributed by atoms with van der Waals surface area (Å²) < 4.78 is 22.9. The number of rotatable bonds is 4. The molecule has 2 aromatic carbocycles. The Morgan fingerprint density at radius 3 is 2.28 bits per heavy atom. The number of para-hydroxylation sites is 1. The third-order valence-corrected chi connectivity index (χ3v) is 4.78. The number of sulfone groups is 1. The van der Waals surface area contributed by atoms with Crippen molar-refractivity contribution in [3.63, 3.8) is 0 Å². The zero-order chi connectivity index (χ0) is 18.0. The Kier molecular flexibility index (Phi) is 4.45. The predicted octanol–water partition coefficient (Wildman–Crippen LogP) is 2.97. The van der Waals surface area contributed by atoms with E-state index in [1.165, 1.54) is 17.1 Å². The molecule has 0 saturated heterocycles. The highest BCUT2D eigenvalue weighted by Crippen LogP contribution is 2.23. The molecule has 0 N–H and O–H groups in total. The van der Waals surface area contributed by atoms with Crippen molar-refractivity contribution in [1.82, 2.24) is 0 Å². The van der Waals surface area contributed by atoms with Gasteiger partial charge in [-0.1, -0.05) is 18.2 Å². The number of anilines is 1. The highest BCUT2D eigenvalue weighted by Gasteiger charge is 2.34. The second-order valence-electron chi connectivity index (χ2n) is 5.61. The van der Waals surface area contributed by atoms with Crippen LogP contribution in [0.25, 0.3) is 0 Å². The molecule has 1 aliphatic heterocycles. The first-order valence-corrected chi connectivity index (χ1v) is 9.40. The molecule has 128 valence electrons. The van der Waals surface area contributed by atoms with E-state index in [-0.39, 0.29) is 10.8 Å². The molecule has 3 rings (SSSR count). The van der Waals surface area contributed by atoms with Gasteiger partial charge < -0.3 is 0 Å². The van der Waals surface area contributed by atoms with Gasteiger partial charge in [-0.3, -0.25) is 4.79 Å². The van der Waals surface area contributed by atoms with E-state index >= 15 is 0 Å². The van der Waals surface area contributed by atoms with Crippen LogP contribution < -0.4 is 5.01 Å². The quantitative estimate of drug-likeness (QED) is 0.789. The van der Waals surface area contributed by atoms with Crippen molar-refractivity contribution in [3.05, 3.63) is 54.6 Å². The average Bonchev–Trinajstić information content (AvgIpc) is 2.88. The fraction of sp³-hybridized carbons (Fsp3) is 0.176. The maximum absolute atomic E-state index is 12.5. The van der Waals surface area contributed by atoms with Crippen LogP contribution in [0.1, 0.15) is 6.92 Å². The third-order valence-electron chi connectivity index (χ3n) is 3.65. The molecule has 1 aliphatic rings. The first-order valence-electron chi connectivity index (χ1n) is 7.51. The molecule has 7 nitrogen and oxygen atoms in total. The zero-order valence-corrected chi connectivity index (χ0v) is 14.5. The van der Waals surface area contributed by atoms with Crippen molar-refractivity contribution in [1.29, 1.82) is 0 Å². The Morgan fingerprint density at radius 1 is 1.04 bits per heavy atom. The molecule has 2 aromatic rings. The molecule has 1 amide bonds. The van der Waals surface area contributed by atoms with Crippen LogP contribution in [0.3, 0.4) is 0 Å². The Labute approximate surface area is 145 Å². The van der Waals surface area contributed by atoms with Crippen LogP contribution in [0.5, 0.6) is 0 Å². The molecule has 8 heteroatoms. The van der Waals surface area contributed by atoms with Crippen molar-refractivity contribution in [2.75, 3.05) is 11.3 Å². The van der Waals surface area contributed by atoms with Crippen molar-refractivity contribution < 1.29 is 13.2 Å². The van der Waals surface area contributed by atoms with E-state index in [0.29, 0.717) is 17.1 Å². The molecular weight excluding hydrogens is 340 g/mol. The number of amides is 1. The molecule has 1 heterocycles. The Balaban J connectivity index is 1.78. The van der Waals surface area contributed by atoms with E-state index in [2.05, 4.69) is 15.3 Å². The number of azo groups is 1. The second kappa shape index (κ2) is 6.56. The van der Waals surface area contributed by atoms with Gasteiger partial charge >= 0.3 is 0 Å². The van der Waals surface area contributed by atoms with Crippen LogP contribution >= 0.6 is 0 Å². The zero-order valence-electron chi connectivity index (χ0n) is 13.7. The molecule has 0 spiro atoms. The van der Waals surface area contributed by atoms with Gasteiger partial charge in [0.2, 0.25) is 0 Å². The lowest BCUT2D eigenvalue weighted by molar-refractivity contribution is -0.117. The number of carbonyl (C=O) groups is 1. The molecular formula is C17H16N4O3S. The van der Waals surface area contributed by atoms with Crippen molar-refractivity contribution >= 4 is 32.8 Å². The minimum atomic E-state index is -3.26. The summed E-state index contributed by atoms with van der Waals surface area (Å²) in [6.07, 6.45) is 1.14. The highest BCUT2D eigenvalue weighted by atomic mass is 32.2. The van der Waals surface area contributed by atoms with Crippen LogP contribution in [0, 0.1) is 0 Å². The third kappa shape index (κ3) is 3.63. The molecule has 0 unspecified atom stereocenters. The summed E-state index contributed by atoms with van der Waals surface area (Å²) in [6.45, 7) is 1.72. The Morgan fingerprint density at radius 2 is 1.68 bits per heavy atom. The monoisotopic (exact) mass is 356 g/mol. The van der Waals surface area contributed by atoms with Gasteiger partial charge in [0, 0.05) is 6.26 Å². The van der Waals surface area contributed by atoms with Gasteiger partial charge in [0.25, 0.3) is 5.91 Å². The molecule has 0 saturated carbocycles. The number of nitrogens with zero attached hydrogens (tertiary/aromatic N) is 4. The summed E-state index contributed by atoms with van der Waals surface area (Å²) in [6, 6.07) is 14.3. The van der Waals surface area contributed by atoms with E-state index in [1.807, 2.05) is 18.2 Å². The summed E-state index contributed by atoms with van der Waals surface area (Å²) in [7, 11) is -3.26. The summed E-state index contributed by atoms with van der Waals surface area (Å²) >= 11 is 0. The van der Waals surface area contributed by atoms with Gasteiger partial charge in [-0.15, -0.1) is 0 Å². The first kappa shape index (κ1) is 17.0. The number of benzene rings is 2. The maximum Gasteiger partial charge on any atom is 0.280 e. The van der Waals surface area contributed by atoms with Crippen molar-refractivity contribution in [2.45, 2.75) is 17.9 Å². The second-order valence-corrected chi connectivity index (χ2v) is 7.63. The molecule has 1 atom stereocenters. The fourth-order valence-electron chi connectivity index (χ4n) is 2.33. The number of hydrogen-bond donors (Lipinski definition) is 0. The SMILES string of the molecule is CC1=NN(c2ccccc2)C(=O)[C@H]1N=Nc1ccc(S(C)(=O)=O)cc1. The van der Waals surface area contributed by atoms with Gasteiger partial charge in [-0.25, -0.2) is 8.42 Å². The number of carbonyl (C=O) groups excluding carboxylic acids is 1. The lowest BCUT2D eigenvalue weighted by Gasteiger charge is -2.11. The van der Waals surface area contributed by atoms with Crippen LogP contribution in [-0.2, 0) is 14.6 Å². The van der Waals surface area contributed by atoms with E-state index in [9.17, 15) is 13.2 Å². The van der Waals surface area contributed by atoms with E-state index in [4.69, 9.17) is 0 Å². The smallest absolute Gasteiger partial charge is 0.269 e. The Hall–Kier alpha value is -2.87. The molecule has 0 aromatic heterocycles. The summed E-state index contributed by atoms with van der Waals surface area (Å²) in [5, 5.41) is 13.7. The number of hydrazone groups is 1. The van der Waals surface area contributed by atoms with Crippen LogP contribution in [0.2, 0.25) is 0 Å². The minimum Gasteiger partial charge on any atom is -0.269 e. The van der Waals surface area contributed by atoms with Gasteiger partial charge in [-0.05, 0) is 43.3 Å². The van der Waals surface area contributed by atoms with Crippen LogP contribution in [0.15, 0.2) is 74.8 Å². The van der Waals surface area contributed by atoms with Crippen molar-refractivity contribution in [2.24, 2.45) is 15.3 Å². The first-order chi connectivity index (χ1) is 11.9. The topological polar surface area (TPSA) is 91.5 Å². The lowest BCUT2D eigenvalue weighted by Crippen LogP contribution is -2.29. The van der Waals surface area contributed by atoms with Gasteiger partial charge in [0.05, 0.1) is 22.0 Å². The molecule has 0 aliphatic carbocycles. The summed E-state index contributed by atoms with van der Waals surface area (Å²) in [4.78, 5) is 12.7. The van der Waals surface area contributed by atoms with Crippen LogP contribution in [0.4, 0.5) is 11.4 Å². The number of hydrogen-bond acceptors (Lipinski definition) is 6. The van der Waals surface area contributed by atoms with Gasteiger partial charge in [0.1, 0.15) is 0 Å². The fourth-order valence-corrected chi connectivity index (χ4v) is 2.96. The predicted molar refractivity (Wildman–Crippen MR) is 94.9 cm³/mol. The standard InChI is InChI=1S/C17H16N4O3S/c1-12-16(17(22)21(20-12)14-6-4-3-5-7-14)19-18-13-8-10-15(11-9-13)25(2,23)24/h3-11,16H,1-2H3/t16-/m0/s1. The lowest BCUT2D eigenvalue weighted by atomic mass is 10.2. The summed E-state index contributed by atoms with van der Waals surface area (Å²) in [5.41, 5.74) is 1.68. The maximum atomic E-state index is 12.5. The van der Waals surface area contributed by atoms with E-state index in [0.717, 1.165) is 6.26 Å². The summed E-state index contributed by atoms with van der Waals surface area (Å²) in [5.74, 6) is -0.278. The molecule has 0 radical (unpaired) electrons. The van der Waals surface area contributed by atoms with E-state index < -0.39 is 15.9 Å². The van der Waals surface area contributed by atoms with Gasteiger partial charge in [0.15, 0.2) is 15.9 Å². The Bertz CT molecular complexity index is 951. The normalized spacial score (nSPS) is 18.0. The van der Waals surface area contributed by atoms with Gasteiger partial charge in [-0.2, -0.15) is 20.3 Å². The highest BCUT2D eigenvalue weighted by molar-refractivity contribution is 7.90. The largest absolute Gasteiger partial charge is 0.280 e. The average molecular weight is 356 g/mol. The minimum absolute atomic E-state index is 0.205. The molecule has 0 fully saturated rings. The van der Waals surface area contributed by atoms with E-state index in [1.54, 1.807) is 31.2 Å².